The van der Waals surface area contributed by atoms with Crippen LogP contribution in [0.4, 0.5) is 32.6 Å². The number of carbonyl (C=O) groups is 3. The van der Waals surface area contributed by atoms with Crippen molar-refractivity contribution in [3.63, 3.8) is 0 Å². The Labute approximate surface area is 339 Å². The average Bonchev–Trinajstić information content (AvgIpc) is 3.17. The van der Waals surface area contributed by atoms with Crippen molar-refractivity contribution in [3.05, 3.63) is 82.3 Å². The molecule has 1 N–H and O–H groups in total. The minimum atomic E-state index is -0.678. The van der Waals surface area contributed by atoms with Crippen LogP contribution in [-0.4, -0.2) is 94.7 Å². The van der Waals surface area contributed by atoms with E-state index in [-0.39, 0.29) is 50.9 Å². The molecule has 2 amide bonds. The van der Waals surface area contributed by atoms with Gasteiger partial charge in [0, 0.05) is 44.3 Å². The highest BCUT2D eigenvalue weighted by atomic mass is 16.6. The van der Waals surface area contributed by atoms with E-state index >= 15 is 0 Å². The van der Waals surface area contributed by atoms with Crippen molar-refractivity contribution in [2.45, 2.75) is 91.6 Å². The largest absolute Gasteiger partial charge is 0.460 e. The molecule has 4 heterocycles. The van der Waals surface area contributed by atoms with E-state index in [1.807, 2.05) is 102 Å². The Morgan fingerprint density at radius 3 is 2.38 bits per heavy atom. The van der Waals surface area contributed by atoms with Crippen molar-refractivity contribution in [1.29, 1.82) is 0 Å². The van der Waals surface area contributed by atoms with E-state index in [4.69, 9.17) is 23.9 Å². The van der Waals surface area contributed by atoms with Crippen molar-refractivity contribution in [2.75, 3.05) is 61.1 Å². The van der Waals surface area contributed by atoms with Gasteiger partial charge in [0.05, 0.1) is 37.1 Å². The molecule has 1 saturated heterocycles. The number of nitrogens with one attached hydrogen (secondary N) is 1. The summed E-state index contributed by atoms with van der Waals surface area (Å²) in [5.74, 6) is -0.0296. The lowest BCUT2D eigenvalue weighted by atomic mass is 10.0. The Morgan fingerprint density at radius 2 is 1.64 bits per heavy atom. The molecule has 2 aromatic heterocycles. The molecule has 310 valence electrons. The van der Waals surface area contributed by atoms with Gasteiger partial charge < -0.3 is 34.1 Å². The van der Waals surface area contributed by atoms with Crippen LogP contribution in [0.3, 0.4) is 0 Å². The number of esters is 1. The first-order chi connectivity index (χ1) is 27.6. The van der Waals surface area contributed by atoms with E-state index in [0.29, 0.717) is 66.5 Å². The predicted octanol–water partition coefficient (Wildman–Crippen LogP) is 7.13. The summed E-state index contributed by atoms with van der Waals surface area (Å²) in [5, 5.41) is 3.80. The number of ether oxygens (including phenoxy) is 4. The molecule has 2 aliphatic rings. The molecule has 0 radical (unpaired) electrons. The van der Waals surface area contributed by atoms with Crippen LogP contribution in [0.5, 0.6) is 0 Å². The van der Waals surface area contributed by atoms with Gasteiger partial charge in [-0.05, 0) is 84.6 Å². The molecule has 2 aromatic carbocycles. The van der Waals surface area contributed by atoms with Crippen LogP contribution in [-0.2, 0) is 30.3 Å². The van der Waals surface area contributed by atoms with Gasteiger partial charge in [-0.2, -0.15) is 4.98 Å². The molecule has 1 unspecified atom stereocenters. The number of anilines is 4. The molecule has 0 saturated carbocycles. The number of piperidine rings is 1. The smallest absolute Gasteiger partial charge is 0.414 e. The minimum Gasteiger partial charge on any atom is -0.460 e. The number of likely N-dealkylation sites (tertiary alicyclic amines) is 1. The molecule has 4 aromatic rings. The van der Waals surface area contributed by atoms with Crippen LogP contribution in [0.1, 0.15) is 78.0 Å². The number of carbonyl (C=O) groups excluding carboxylic acids is 3. The number of para-hydroxylation sites is 1. The van der Waals surface area contributed by atoms with E-state index in [1.165, 1.54) is 0 Å². The third-order valence-electron chi connectivity index (χ3n) is 9.61. The van der Waals surface area contributed by atoms with Crippen molar-refractivity contribution in [2.24, 2.45) is 0 Å². The predicted molar refractivity (Wildman–Crippen MR) is 222 cm³/mol. The SMILES string of the molecule is Cc1cccc2c1N(C(=O)OCc1ccccc1)CCN2c1cc2cnc(NCCOCCC(=O)OC(C)(C)C)nc2n(C2CCCN(C(=O)OC(C)(C)C)C2)c1=O. The van der Waals surface area contributed by atoms with Crippen LogP contribution in [0.25, 0.3) is 11.0 Å². The van der Waals surface area contributed by atoms with E-state index in [2.05, 4.69) is 10.3 Å². The summed E-state index contributed by atoms with van der Waals surface area (Å²) in [5.41, 5.74) is 2.38. The summed E-state index contributed by atoms with van der Waals surface area (Å²) >= 11 is 0. The van der Waals surface area contributed by atoms with Gasteiger partial charge >= 0.3 is 18.2 Å². The molecule has 2 aliphatic heterocycles. The highest BCUT2D eigenvalue weighted by Gasteiger charge is 2.34. The van der Waals surface area contributed by atoms with Crippen molar-refractivity contribution >= 4 is 52.2 Å². The van der Waals surface area contributed by atoms with E-state index < -0.39 is 29.4 Å². The minimum absolute atomic E-state index is 0.135. The van der Waals surface area contributed by atoms with Gasteiger partial charge in [0.1, 0.15) is 29.1 Å². The maximum atomic E-state index is 15.0. The number of hydrogen-bond acceptors (Lipinski definition) is 12. The Bertz CT molecular complexity index is 2160. The van der Waals surface area contributed by atoms with Crippen molar-refractivity contribution in [3.8, 4) is 0 Å². The molecule has 0 bridgehead atoms. The first kappa shape index (κ1) is 41.9. The fraction of sp³-hybridized carbons (Fsp3) is 0.488. The van der Waals surface area contributed by atoms with Crippen LogP contribution < -0.4 is 20.7 Å². The van der Waals surface area contributed by atoms with E-state index in [0.717, 1.165) is 11.1 Å². The summed E-state index contributed by atoms with van der Waals surface area (Å²) in [6.45, 7) is 15.2. The van der Waals surface area contributed by atoms with Gasteiger partial charge in [0.25, 0.3) is 5.56 Å². The lowest BCUT2D eigenvalue weighted by Gasteiger charge is -2.39. The number of aromatic nitrogens is 3. The maximum absolute atomic E-state index is 15.0. The molecule has 1 fully saturated rings. The molecule has 1 atom stereocenters. The second-order valence-electron chi connectivity index (χ2n) is 16.6. The molecule has 15 heteroatoms. The molecule has 0 aliphatic carbocycles. The molecule has 58 heavy (non-hydrogen) atoms. The summed E-state index contributed by atoms with van der Waals surface area (Å²) in [7, 11) is 0. The zero-order valence-corrected chi connectivity index (χ0v) is 34.6. The zero-order chi connectivity index (χ0) is 41.6. The number of fused-ring (bicyclic) bond motifs is 2. The van der Waals surface area contributed by atoms with Gasteiger partial charge in [-0.1, -0.05) is 42.5 Å². The Balaban J connectivity index is 1.29. The van der Waals surface area contributed by atoms with Crippen LogP contribution in [0.2, 0.25) is 0 Å². The van der Waals surface area contributed by atoms with Gasteiger partial charge in [0.2, 0.25) is 5.95 Å². The highest BCUT2D eigenvalue weighted by molar-refractivity contribution is 5.97. The third-order valence-corrected chi connectivity index (χ3v) is 9.61. The van der Waals surface area contributed by atoms with Gasteiger partial charge in [-0.15, -0.1) is 0 Å². The molecular formula is C43H55N7O8. The Hall–Kier alpha value is -5.70. The third kappa shape index (κ3) is 10.4. The molecule has 0 spiro atoms. The number of rotatable bonds is 11. The average molecular weight is 798 g/mol. The second kappa shape index (κ2) is 17.8. The molecule has 15 nitrogen and oxygen atoms in total. The lowest BCUT2D eigenvalue weighted by molar-refractivity contribution is -0.156. The fourth-order valence-corrected chi connectivity index (χ4v) is 7.14. The van der Waals surface area contributed by atoms with Crippen molar-refractivity contribution in [1.82, 2.24) is 19.4 Å². The zero-order valence-electron chi connectivity index (χ0n) is 34.6. The first-order valence-electron chi connectivity index (χ1n) is 19.9. The lowest BCUT2D eigenvalue weighted by Crippen LogP contribution is -2.47. The normalized spacial score (nSPS) is 15.8. The fourth-order valence-electron chi connectivity index (χ4n) is 7.14. The standard InChI is InChI=1S/C43H55N7O8/c1-29-13-11-17-33-36(29)49(41(54)56-28-30-14-9-8-10-15-30)22-21-48(33)34-25-31-26-45-39(44-19-24-55-23-18-35(51)57-42(2,3)4)46-37(31)50(38(34)52)32-16-12-20-47(27-32)40(53)58-43(5,6)7/h8-11,13-15,17,25-26,32H,12,16,18-24,27-28H2,1-7H3,(H,44,45,46). The van der Waals surface area contributed by atoms with Crippen LogP contribution >= 0.6 is 0 Å². The highest BCUT2D eigenvalue weighted by Crippen LogP contribution is 2.40. The number of amides is 2. The van der Waals surface area contributed by atoms with Gasteiger partial charge in [0.15, 0.2) is 0 Å². The Kier molecular flexibility index (Phi) is 12.9. The molecular weight excluding hydrogens is 743 g/mol. The summed E-state index contributed by atoms with van der Waals surface area (Å²) in [4.78, 5) is 68.5. The van der Waals surface area contributed by atoms with Crippen LogP contribution in [0, 0.1) is 6.92 Å². The number of hydrogen-bond donors (Lipinski definition) is 1. The number of pyridine rings is 1. The summed E-state index contributed by atoms with van der Waals surface area (Å²) in [6, 6.07) is 16.6. The topological polar surface area (TPSA) is 158 Å². The summed E-state index contributed by atoms with van der Waals surface area (Å²) < 4.78 is 24.1. The number of nitrogens with zero attached hydrogens (tertiary/aromatic N) is 6. The number of benzene rings is 2. The number of aryl methyl sites for hydroxylation is 1. The van der Waals surface area contributed by atoms with Gasteiger partial charge in [-0.3, -0.25) is 19.1 Å². The van der Waals surface area contributed by atoms with Crippen LogP contribution in [0.15, 0.2) is 65.6 Å². The summed E-state index contributed by atoms with van der Waals surface area (Å²) in [6.07, 6.45) is 2.20. The van der Waals surface area contributed by atoms with Gasteiger partial charge in [-0.25, -0.2) is 14.6 Å². The first-order valence-corrected chi connectivity index (χ1v) is 19.9. The van der Waals surface area contributed by atoms with E-state index in [1.54, 1.807) is 26.6 Å². The Morgan fingerprint density at radius 1 is 0.879 bits per heavy atom. The maximum Gasteiger partial charge on any atom is 0.414 e. The monoisotopic (exact) mass is 797 g/mol. The van der Waals surface area contributed by atoms with Crippen molar-refractivity contribution < 1.29 is 33.3 Å². The second-order valence-corrected chi connectivity index (χ2v) is 16.6. The quantitative estimate of drug-likeness (QED) is 0.0932. The van der Waals surface area contributed by atoms with E-state index in [9.17, 15) is 19.2 Å². The molecule has 6 rings (SSSR count).